The van der Waals surface area contributed by atoms with Crippen LogP contribution in [-0.2, 0) is 10.3 Å². The molecular formula is C32H33NO3. The predicted molar refractivity (Wildman–Crippen MR) is 144 cm³/mol. The topological polar surface area (TPSA) is 49.8 Å². The molecule has 0 aliphatic carbocycles. The number of nitrogens with zero attached hydrogens (tertiary/aromatic N) is 1. The summed E-state index contributed by atoms with van der Waals surface area (Å²) < 4.78 is 5.93. The standard InChI is InChI=1S/C32H33NO3/c1-31(2,3)36-30(34)33-28(25-19-18-23-12-10-11-13-24(23)22-25)20-21-29(33)32(35,26-14-6-4-7-15-26)27-16-8-5-9-17-27/h4-19,22,28-29,35H,20-21H2,1-3H3/t28?,29-/m0/s1. The van der Waals surface area contributed by atoms with Crippen LogP contribution in [0.15, 0.2) is 103 Å². The Kier molecular flexibility index (Phi) is 6.31. The van der Waals surface area contributed by atoms with Crippen molar-refractivity contribution in [3.05, 3.63) is 120 Å². The molecule has 1 N–H and O–H groups in total. The first-order chi connectivity index (χ1) is 17.3. The summed E-state index contributed by atoms with van der Waals surface area (Å²) >= 11 is 0. The highest BCUT2D eigenvalue weighted by atomic mass is 16.6. The van der Waals surface area contributed by atoms with Gasteiger partial charge in [0.05, 0.1) is 12.1 Å². The third-order valence-electron chi connectivity index (χ3n) is 7.06. The minimum atomic E-state index is -1.40. The summed E-state index contributed by atoms with van der Waals surface area (Å²) in [7, 11) is 0. The Hall–Kier alpha value is -3.63. The summed E-state index contributed by atoms with van der Waals surface area (Å²) in [5.41, 5.74) is 0.509. The SMILES string of the molecule is CC(C)(C)OC(=O)N1C(c2ccc3ccccc3c2)CC[C@H]1C(O)(c1ccccc1)c1ccccc1. The van der Waals surface area contributed by atoms with Gasteiger partial charge >= 0.3 is 6.09 Å². The van der Waals surface area contributed by atoms with Gasteiger partial charge in [0.2, 0.25) is 0 Å². The second-order valence-electron chi connectivity index (χ2n) is 10.6. The maximum atomic E-state index is 13.8. The van der Waals surface area contributed by atoms with E-state index in [4.69, 9.17) is 4.74 Å². The van der Waals surface area contributed by atoms with Crippen molar-refractivity contribution in [2.75, 3.05) is 0 Å². The van der Waals surface area contributed by atoms with Gasteiger partial charge in [0.25, 0.3) is 0 Å². The van der Waals surface area contributed by atoms with E-state index in [1.165, 1.54) is 0 Å². The number of rotatable bonds is 4. The number of ether oxygens (including phenoxy) is 1. The first kappa shape index (κ1) is 24.1. The lowest BCUT2D eigenvalue weighted by Gasteiger charge is -2.42. The van der Waals surface area contributed by atoms with Gasteiger partial charge in [-0.3, -0.25) is 4.90 Å². The van der Waals surface area contributed by atoms with Crippen molar-refractivity contribution in [1.82, 2.24) is 4.90 Å². The number of amides is 1. The Labute approximate surface area is 213 Å². The number of likely N-dealkylation sites (tertiary alicyclic amines) is 1. The van der Waals surface area contributed by atoms with E-state index < -0.39 is 23.3 Å². The molecule has 5 rings (SSSR count). The predicted octanol–water partition coefficient (Wildman–Crippen LogP) is 7.22. The highest BCUT2D eigenvalue weighted by Crippen LogP contribution is 2.47. The summed E-state index contributed by atoms with van der Waals surface area (Å²) in [5, 5.41) is 14.8. The highest BCUT2D eigenvalue weighted by Gasteiger charge is 2.51. The molecule has 0 bridgehead atoms. The molecule has 1 aliphatic heterocycles. The first-order valence-corrected chi connectivity index (χ1v) is 12.6. The van der Waals surface area contributed by atoms with Crippen LogP contribution < -0.4 is 0 Å². The Morgan fingerprint density at radius 2 is 1.33 bits per heavy atom. The number of fused-ring (bicyclic) bond motifs is 1. The van der Waals surface area contributed by atoms with Crippen molar-refractivity contribution in [1.29, 1.82) is 0 Å². The second kappa shape index (κ2) is 9.44. The van der Waals surface area contributed by atoms with E-state index in [0.717, 1.165) is 33.9 Å². The molecule has 36 heavy (non-hydrogen) atoms. The Morgan fingerprint density at radius 3 is 1.92 bits per heavy atom. The summed E-state index contributed by atoms with van der Waals surface area (Å²) in [5.74, 6) is 0. The van der Waals surface area contributed by atoms with Crippen LogP contribution in [-0.4, -0.2) is 27.7 Å². The van der Waals surface area contributed by atoms with Crippen LogP contribution in [0.2, 0.25) is 0 Å². The highest BCUT2D eigenvalue weighted by molar-refractivity contribution is 5.83. The first-order valence-electron chi connectivity index (χ1n) is 12.6. The van der Waals surface area contributed by atoms with Crippen LogP contribution in [0.25, 0.3) is 10.8 Å². The minimum Gasteiger partial charge on any atom is -0.444 e. The number of carbonyl (C=O) groups is 1. The van der Waals surface area contributed by atoms with Crippen molar-refractivity contribution in [2.45, 2.75) is 56.9 Å². The van der Waals surface area contributed by atoms with Gasteiger partial charge < -0.3 is 9.84 Å². The van der Waals surface area contributed by atoms with Crippen molar-refractivity contribution < 1.29 is 14.6 Å². The third-order valence-corrected chi connectivity index (χ3v) is 7.06. The van der Waals surface area contributed by atoms with Crippen LogP contribution in [0.5, 0.6) is 0 Å². The number of hydrogen-bond acceptors (Lipinski definition) is 3. The lowest BCUT2D eigenvalue weighted by atomic mass is 9.79. The molecule has 184 valence electrons. The summed E-state index contributed by atoms with van der Waals surface area (Å²) in [6, 6.07) is 33.2. The second-order valence-corrected chi connectivity index (χ2v) is 10.6. The molecule has 4 aromatic rings. The van der Waals surface area contributed by atoms with Crippen molar-refractivity contribution in [2.24, 2.45) is 0 Å². The van der Waals surface area contributed by atoms with E-state index in [9.17, 15) is 9.90 Å². The van der Waals surface area contributed by atoms with Gasteiger partial charge in [0.1, 0.15) is 11.2 Å². The van der Waals surface area contributed by atoms with Crippen LogP contribution in [0.4, 0.5) is 4.79 Å². The zero-order chi connectivity index (χ0) is 25.3. The average Bonchev–Trinajstić information content (AvgIpc) is 3.34. The molecule has 0 aromatic heterocycles. The maximum absolute atomic E-state index is 13.8. The molecule has 1 amide bonds. The van der Waals surface area contributed by atoms with Gasteiger partial charge in [0.15, 0.2) is 0 Å². The largest absolute Gasteiger partial charge is 0.444 e. The molecule has 1 heterocycles. The molecule has 1 unspecified atom stereocenters. The number of aliphatic hydroxyl groups is 1. The summed E-state index contributed by atoms with van der Waals surface area (Å²) in [6.07, 6.45) is 0.954. The third kappa shape index (κ3) is 4.49. The molecule has 4 aromatic carbocycles. The molecule has 2 atom stereocenters. The number of carbonyl (C=O) groups excluding carboxylic acids is 1. The maximum Gasteiger partial charge on any atom is 0.411 e. The smallest absolute Gasteiger partial charge is 0.411 e. The number of benzene rings is 4. The van der Waals surface area contributed by atoms with E-state index in [0.29, 0.717) is 6.42 Å². The quantitative estimate of drug-likeness (QED) is 0.336. The minimum absolute atomic E-state index is 0.214. The monoisotopic (exact) mass is 479 g/mol. The van der Waals surface area contributed by atoms with E-state index in [1.54, 1.807) is 4.90 Å². The zero-order valence-corrected chi connectivity index (χ0v) is 21.1. The Morgan fingerprint density at radius 1 is 0.778 bits per heavy atom. The fourth-order valence-corrected chi connectivity index (χ4v) is 5.47. The van der Waals surface area contributed by atoms with Crippen LogP contribution in [0, 0.1) is 0 Å². The summed E-state index contributed by atoms with van der Waals surface area (Å²) in [6.45, 7) is 5.63. The lowest BCUT2D eigenvalue weighted by Crippen LogP contribution is -2.52. The molecule has 0 saturated carbocycles. The Balaban J connectivity index is 1.64. The van der Waals surface area contributed by atoms with Gasteiger partial charge in [-0.1, -0.05) is 97.1 Å². The van der Waals surface area contributed by atoms with Crippen molar-refractivity contribution in [3.63, 3.8) is 0 Å². The van der Waals surface area contributed by atoms with Gasteiger partial charge in [-0.25, -0.2) is 4.79 Å². The molecule has 0 radical (unpaired) electrons. The van der Waals surface area contributed by atoms with Crippen molar-refractivity contribution >= 4 is 16.9 Å². The van der Waals surface area contributed by atoms with Gasteiger partial charge in [0, 0.05) is 0 Å². The average molecular weight is 480 g/mol. The molecule has 1 saturated heterocycles. The van der Waals surface area contributed by atoms with Gasteiger partial charge in [-0.15, -0.1) is 0 Å². The molecule has 1 fully saturated rings. The Bertz CT molecular complexity index is 1300. The fraction of sp³-hybridized carbons (Fsp3) is 0.281. The van der Waals surface area contributed by atoms with Crippen LogP contribution in [0.3, 0.4) is 0 Å². The van der Waals surface area contributed by atoms with E-state index >= 15 is 0 Å². The van der Waals surface area contributed by atoms with Crippen LogP contribution in [0.1, 0.15) is 56.3 Å². The lowest BCUT2D eigenvalue weighted by molar-refractivity contribution is -0.0340. The molecular weight excluding hydrogens is 446 g/mol. The van der Waals surface area contributed by atoms with Gasteiger partial charge in [-0.2, -0.15) is 0 Å². The van der Waals surface area contributed by atoms with Crippen LogP contribution >= 0.6 is 0 Å². The summed E-state index contributed by atoms with van der Waals surface area (Å²) in [4.78, 5) is 15.6. The van der Waals surface area contributed by atoms with Crippen molar-refractivity contribution in [3.8, 4) is 0 Å². The number of hydrogen-bond donors (Lipinski definition) is 1. The zero-order valence-electron chi connectivity index (χ0n) is 21.1. The molecule has 4 heteroatoms. The molecule has 4 nitrogen and oxygen atoms in total. The van der Waals surface area contributed by atoms with Gasteiger partial charge in [-0.05, 0) is 67.1 Å². The normalized spacial score (nSPS) is 18.4. The molecule has 0 spiro atoms. The molecule has 1 aliphatic rings. The van der Waals surface area contributed by atoms with E-state index in [1.807, 2.05) is 93.6 Å². The van der Waals surface area contributed by atoms with E-state index in [-0.39, 0.29) is 6.04 Å². The van der Waals surface area contributed by atoms with E-state index in [2.05, 4.69) is 30.3 Å². The fourth-order valence-electron chi connectivity index (χ4n) is 5.47.